The predicted molar refractivity (Wildman–Crippen MR) is 85.8 cm³/mol. The molecule has 2 rings (SSSR count). The van der Waals surface area contributed by atoms with Crippen molar-refractivity contribution in [3.8, 4) is 0 Å². The predicted octanol–water partition coefficient (Wildman–Crippen LogP) is 2.09. The number of benzene rings is 1. The van der Waals surface area contributed by atoms with Crippen LogP contribution in [0.3, 0.4) is 0 Å². The first-order chi connectivity index (χ1) is 9.80. The number of hydrogen-bond donors (Lipinski definition) is 1. The van der Waals surface area contributed by atoms with Gasteiger partial charge in [-0.15, -0.1) is 0 Å². The third-order valence-corrected chi connectivity index (χ3v) is 3.83. The lowest BCUT2D eigenvalue weighted by Crippen LogP contribution is -2.42. The Balaban J connectivity index is 2.20. The molecule has 0 spiro atoms. The molecule has 1 amide bonds. The molecule has 1 aromatic rings. The number of carbonyl (C=O) groups is 1. The van der Waals surface area contributed by atoms with Crippen molar-refractivity contribution in [1.82, 2.24) is 15.1 Å². The van der Waals surface area contributed by atoms with E-state index in [1.807, 2.05) is 30.0 Å². The summed E-state index contributed by atoms with van der Waals surface area (Å²) < 4.78 is 0. The minimum atomic E-state index is -0.120. The minimum Gasteiger partial charge on any atom is -0.321 e. The van der Waals surface area contributed by atoms with Gasteiger partial charge in [0.25, 0.3) is 0 Å². The summed E-state index contributed by atoms with van der Waals surface area (Å²) in [6.07, 6.45) is -0.0184. The third-order valence-electron chi connectivity index (χ3n) is 3.83. The van der Waals surface area contributed by atoms with Crippen LogP contribution in [0.15, 0.2) is 30.3 Å². The van der Waals surface area contributed by atoms with Gasteiger partial charge in [0.2, 0.25) is 5.91 Å². The monoisotopic (exact) mass is 289 g/mol. The van der Waals surface area contributed by atoms with Gasteiger partial charge in [-0.1, -0.05) is 44.2 Å². The number of hydrogen-bond acceptors (Lipinski definition) is 3. The fourth-order valence-corrected chi connectivity index (χ4v) is 3.22. The van der Waals surface area contributed by atoms with Crippen molar-refractivity contribution in [2.75, 3.05) is 27.2 Å². The van der Waals surface area contributed by atoms with Crippen LogP contribution >= 0.6 is 0 Å². The highest BCUT2D eigenvalue weighted by Gasteiger charge is 2.39. The normalized spacial score (nSPS) is 23.1. The van der Waals surface area contributed by atoms with Crippen LogP contribution < -0.4 is 5.32 Å². The summed E-state index contributed by atoms with van der Waals surface area (Å²) in [7, 11) is 4.15. The number of nitrogens with zero attached hydrogens (tertiary/aromatic N) is 2. The number of amides is 1. The Kier molecular flexibility index (Phi) is 4.69. The smallest absolute Gasteiger partial charge is 0.241 e. The van der Waals surface area contributed by atoms with E-state index in [9.17, 15) is 4.79 Å². The van der Waals surface area contributed by atoms with E-state index < -0.39 is 0 Å². The fourth-order valence-electron chi connectivity index (χ4n) is 3.22. The molecule has 1 aliphatic rings. The number of nitrogens with one attached hydrogen (secondary N) is 1. The van der Waals surface area contributed by atoms with E-state index in [2.05, 4.69) is 50.3 Å². The zero-order valence-corrected chi connectivity index (χ0v) is 13.8. The average Bonchev–Trinajstić information content (AvgIpc) is 2.66. The molecular weight excluding hydrogens is 262 g/mol. The molecule has 1 aromatic carbocycles. The Morgan fingerprint density at radius 1 is 1.24 bits per heavy atom. The van der Waals surface area contributed by atoms with Crippen molar-refractivity contribution < 1.29 is 4.79 Å². The van der Waals surface area contributed by atoms with Gasteiger partial charge in [0.15, 0.2) is 0 Å². The van der Waals surface area contributed by atoms with E-state index in [1.54, 1.807) is 0 Å². The van der Waals surface area contributed by atoms with E-state index in [1.165, 1.54) is 0 Å². The number of rotatable bonds is 5. The fraction of sp³-hybridized carbons (Fsp3) is 0.588. The molecule has 116 valence electrons. The van der Waals surface area contributed by atoms with Crippen LogP contribution in [0.2, 0.25) is 0 Å². The highest BCUT2D eigenvalue weighted by atomic mass is 16.2. The lowest BCUT2D eigenvalue weighted by atomic mass is 9.91. The first-order valence-electron chi connectivity index (χ1n) is 7.56. The Hall–Kier alpha value is -1.39. The lowest BCUT2D eigenvalue weighted by molar-refractivity contribution is -0.131. The first kappa shape index (κ1) is 16.0. The van der Waals surface area contributed by atoms with Crippen molar-refractivity contribution in [1.29, 1.82) is 0 Å². The van der Waals surface area contributed by atoms with Crippen LogP contribution in [0.25, 0.3) is 0 Å². The average molecular weight is 289 g/mol. The third kappa shape index (κ3) is 3.83. The summed E-state index contributed by atoms with van der Waals surface area (Å²) >= 11 is 0. The molecule has 0 aliphatic carbocycles. The molecular formula is C17H27N3O. The van der Waals surface area contributed by atoms with Gasteiger partial charge in [-0.25, -0.2) is 0 Å². The van der Waals surface area contributed by atoms with Gasteiger partial charge in [0, 0.05) is 13.1 Å². The molecule has 0 bridgehead atoms. The van der Waals surface area contributed by atoms with Crippen LogP contribution in [0.5, 0.6) is 0 Å². The molecule has 4 nitrogen and oxygen atoms in total. The van der Waals surface area contributed by atoms with Crippen LogP contribution in [-0.4, -0.2) is 48.9 Å². The van der Waals surface area contributed by atoms with Gasteiger partial charge < -0.3 is 9.80 Å². The van der Waals surface area contributed by atoms with E-state index in [4.69, 9.17) is 0 Å². The van der Waals surface area contributed by atoms with Gasteiger partial charge in [0.05, 0.1) is 6.04 Å². The van der Waals surface area contributed by atoms with Gasteiger partial charge in [-0.05, 0) is 32.0 Å². The highest BCUT2D eigenvalue weighted by Crippen LogP contribution is 2.29. The Bertz CT molecular complexity index is 484. The summed E-state index contributed by atoms with van der Waals surface area (Å²) in [6.45, 7) is 8.07. The zero-order chi connectivity index (χ0) is 15.6. The zero-order valence-electron chi connectivity index (χ0n) is 13.8. The SMILES string of the molecule is CC1NC(c2ccccc2)N(CC(C)(C)CN(C)C)C1=O. The Morgan fingerprint density at radius 2 is 1.86 bits per heavy atom. The van der Waals surface area contributed by atoms with Crippen LogP contribution in [0.1, 0.15) is 32.5 Å². The van der Waals surface area contributed by atoms with E-state index in [-0.39, 0.29) is 23.5 Å². The second-order valence-electron chi connectivity index (χ2n) is 7.07. The molecule has 1 fully saturated rings. The summed E-state index contributed by atoms with van der Waals surface area (Å²) in [6, 6.07) is 10.1. The Labute approximate surface area is 128 Å². The molecule has 0 radical (unpaired) electrons. The van der Waals surface area contributed by atoms with E-state index in [0.29, 0.717) is 0 Å². The standard InChI is InChI=1S/C17H27N3O/c1-13-16(21)20(12-17(2,3)11-19(4)5)15(18-13)14-9-7-6-8-10-14/h6-10,13,15,18H,11-12H2,1-5H3. The largest absolute Gasteiger partial charge is 0.321 e. The summed E-state index contributed by atoms with van der Waals surface area (Å²) in [5, 5.41) is 3.41. The molecule has 0 aromatic heterocycles. The summed E-state index contributed by atoms with van der Waals surface area (Å²) in [5.41, 5.74) is 1.20. The molecule has 1 aliphatic heterocycles. The minimum absolute atomic E-state index is 0.0184. The first-order valence-corrected chi connectivity index (χ1v) is 7.56. The molecule has 21 heavy (non-hydrogen) atoms. The summed E-state index contributed by atoms with van der Waals surface area (Å²) in [4.78, 5) is 16.7. The lowest BCUT2D eigenvalue weighted by Gasteiger charge is -2.35. The van der Waals surface area contributed by atoms with Gasteiger partial charge in [0.1, 0.15) is 6.17 Å². The van der Waals surface area contributed by atoms with E-state index in [0.717, 1.165) is 18.7 Å². The van der Waals surface area contributed by atoms with Crippen molar-refractivity contribution in [3.63, 3.8) is 0 Å². The second kappa shape index (κ2) is 6.16. The van der Waals surface area contributed by atoms with Gasteiger partial charge in [-0.2, -0.15) is 0 Å². The molecule has 1 N–H and O–H groups in total. The molecule has 0 saturated carbocycles. The van der Waals surface area contributed by atoms with Crippen molar-refractivity contribution in [2.24, 2.45) is 5.41 Å². The van der Waals surface area contributed by atoms with Crippen molar-refractivity contribution in [3.05, 3.63) is 35.9 Å². The van der Waals surface area contributed by atoms with Crippen molar-refractivity contribution >= 4 is 5.91 Å². The highest BCUT2D eigenvalue weighted by molar-refractivity contribution is 5.84. The van der Waals surface area contributed by atoms with E-state index >= 15 is 0 Å². The van der Waals surface area contributed by atoms with Crippen LogP contribution in [0, 0.1) is 5.41 Å². The quantitative estimate of drug-likeness (QED) is 0.901. The molecule has 2 atom stereocenters. The van der Waals surface area contributed by atoms with Crippen molar-refractivity contribution in [2.45, 2.75) is 33.0 Å². The number of carbonyl (C=O) groups excluding carboxylic acids is 1. The second-order valence-corrected chi connectivity index (χ2v) is 7.07. The van der Waals surface area contributed by atoms with Gasteiger partial charge in [-0.3, -0.25) is 10.1 Å². The van der Waals surface area contributed by atoms with Crippen LogP contribution in [-0.2, 0) is 4.79 Å². The maximum absolute atomic E-state index is 12.5. The maximum atomic E-state index is 12.5. The van der Waals surface area contributed by atoms with Gasteiger partial charge >= 0.3 is 0 Å². The molecule has 1 heterocycles. The Morgan fingerprint density at radius 3 is 2.43 bits per heavy atom. The topological polar surface area (TPSA) is 35.6 Å². The van der Waals surface area contributed by atoms with Crippen LogP contribution in [0.4, 0.5) is 0 Å². The molecule has 2 unspecified atom stereocenters. The molecule has 4 heteroatoms. The summed E-state index contributed by atoms with van der Waals surface area (Å²) in [5.74, 6) is 0.190. The maximum Gasteiger partial charge on any atom is 0.241 e. The molecule has 1 saturated heterocycles.